The summed E-state index contributed by atoms with van der Waals surface area (Å²) >= 11 is -1.43. The average molecular weight is 267 g/mol. The molecule has 0 radical (unpaired) electrons. The fraction of sp³-hybridized carbons (Fsp3) is 0.583. The lowest BCUT2D eigenvalue weighted by Gasteiger charge is -2.31. The van der Waals surface area contributed by atoms with Crippen molar-refractivity contribution in [1.29, 1.82) is 0 Å². The Morgan fingerprint density at radius 1 is 1.67 bits per heavy atom. The molecule has 0 saturated heterocycles. The van der Waals surface area contributed by atoms with Gasteiger partial charge in [0.05, 0.1) is 18.6 Å². The largest absolute Gasteiger partial charge is 0.497 e. The van der Waals surface area contributed by atoms with E-state index in [-0.39, 0.29) is 12.0 Å². The molecule has 3 aliphatic rings. The van der Waals surface area contributed by atoms with Crippen LogP contribution in [-0.2, 0) is 15.9 Å². The molecule has 5 unspecified atom stereocenters. The second-order valence-corrected chi connectivity index (χ2v) is 6.04. The number of amidine groups is 1. The fourth-order valence-corrected chi connectivity index (χ4v) is 3.17. The third-order valence-corrected chi connectivity index (χ3v) is 4.58. The maximum absolute atomic E-state index is 11.4. The molecule has 3 rings (SSSR count). The second kappa shape index (κ2) is 4.51. The second-order valence-electron chi connectivity index (χ2n) is 5.12. The summed E-state index contributed by atoms with van der Waals surface area (Å²) < 4.78 is 24.0. The minimum atomic E-state index is -1.43. The summed E-state index contributed by atoms with van der Waals surface area (Å²) in [5.74, 6) is 2.52. The summed E-state index contributed by atoms with van der Waals surface area (Å²) in [7, 11) is 0. The number of rotatable bonds is 3. The van der Waals surface area contributed by atoms with Crippen LogP contribution in [0.1, 0.15) is 13.3 Å². The zero-order valence-electron chi connectivity index (χ0n) is 10.2. The van der Waals surface area contributed by atoms with Crippen LogP contribution in [0.15, 0.2) is 28.4 Å². The molecule has 3 N–H and O–H groups in total. The molecule has 1 fully saturated rings. The predicted octanol–water partition coefficient (Wildman–Crippen LogP) is 0.637. The van der Waals surface area contributed by atoms with Crippen molar-refractivity contribution in [2.75, 3.05) is 6.61 Å². The maximum Gasteiger partial charge on any atom is 0.218 e. The van der Waals surface area contributed by atoms with Gasteiger partial charge in [-0.15, -0.1) is 0 Å². The van der Waals surface area contributed by atoms with Crippen LogP contribution in [0.25, 0.3) is 0 Å². The lowest BCUT2D eigenvalue weighted by atomic mass is 9.92. The third-order valence-electron chi connectivity index (χ3n) is 3.73. The van der Waals surface area contributed by atoms with Gasteiger partial charge >= 0.3 is 0 Å². The first-order valence-electron chi connectivity index (χ1n) is 6.18. The van der Waals surface area contributed by atoms with Crippen molar-refractivity contribution in [2.45, 2.75) is 19.4 Å². The molecule has 0 aromatic heterocycles. The highest BCUT2D eigenvalue weighted by molar-refractivity contribution is 7.81. The third kappa shape index (κ3) is 2.22. The molecule has 1 saturated carbocycles. The van der Waals surface area contributed by atoms with Crippen LogP contribution in [0.4, 0.5) is 0 Å². The monoisotopic (exact) mass is 267 g/mol. The van der Waals surface area contributed by atoms with Crippen molar-refractivity contribution in [1.82, 2.24) is 4.72 Å². The number of fused-ring (bicyclic) bond motifs is 1. The van der Waals surface area contributed by atoms with Crippen LogP contribution >= 0.6 is 0 Å². The number of nitrogens with two attached hydrogens (primary N) is 1. The Morgan fingerprint density at radius 2 is 2.44 bits per heavy atom. The van der Waals surface area contributed by atoms with Gasteiger partial charge in [-0.3, -0.25) is 0 Å². The summed E-state index contributed by atoms with van der Waals surface area (Å²) in [4.78, 5) is 0. The summed E-state index contributed by atoms with van der Waals surface area (Å²) in [6, 6.07) is -0.0834. The van der Waals surface area contributed by atoms with Crippen LogP contribution in [-0.4, -0.2) is 22.7 Å². The first-order valence-corrected chi connectivity index (χ1v) is 7.29. The molecular weight excluding hydrogens is 250 g/mol. The number of nitrogens with one attached hydrogen (secondary N) is 1. The Morgan fingerprint density at radius 3 is 3.17 bits per heavy atom. The zero-order valence-corrected chi connectivity index (χ0v) is 11.0. The fourth-order valence-electron chi connectivity index (χ4n) is 2.37. The van der Waals surface area contributed by atoms with E-state index < -0.39 is 11.2 Å². The normalized spacial score (nSPS) is 41.7. The van der Waals surface area contributed by atoms with Gasteiger partial charge in [-0.05, 0) is 24.3 Å². The van der Waals surface area contributed by atoms with Crippen molar-refractivity contribution in [3.05, 3.63) is 24.0 Å². The van der Waals surface area contributed by atoms with E-state index >= 15 is 0 Å². The zero-order chi connectivity index (χ0) is 12.7. The van der Waals surface area contributed by atoms with Gasteiger partial charge < -0.3 is 10.5 Å². The summed E-state index contributed by atoms with van der Waals surface area (Å²) in [5, 5.41) is 0. The molecule has 5 nitrogen and oxygen atoms in total. The Hall–Kier alpha value is -1.14. The van der Waals surface area contributed by atoms with E-state index in [1.807, 2.05) is 18.2 Å². The summed E-state index contributed by atoms with van der Waals surface area (Å²) in [6.45, 7) is 2.97. The molecule has 0 aromatic carbocycles. The molecule has 98 valence electrons. The molecule has 1 aliphatic heterocycles. The van der Waals surface area contributed by atoms with Gasteiger partial charge in [-0.25, -0.2) is 8.93 Å². The van der Waals surface area contributed by atoms with E-state index in [4.69, 9.17) is 10.5 Å². The van der Waals surface area contributed by atoms with Crippen molar-refractivity contribution < 1.29 is 8.95 Å². The van der Waals surface area contributed by atoms with Crippen LogP contribution in [0.5, 0.6) is 0 Å². The molecular formula is C12H17N3O2S. The van der Waals surface area contributed by atoms with E-state index in [0.29, 0.717) is 11.8 Å². The Balaban J connectivity index is 1.73. The van der Waals surface area contributed by atoms with Crippen molar-refractivity contribution in [2.24, 2.45) is 27.9 Å². The standard InChI is InChI=1S/C12H17N3O2S/c1-7-5-8(7)6-17-10-4-2-3-9-11(10)12(13)15-18(16)14-9/h2-4,7-9,11,14H,5-6H2,1H3,(H2,13,15). The predicted molar refractivity (Wildman–Crippen MR) is 70.6 cm³/mol. The van der Waals surface area contributed by atoms with Crippen molar-refractivity contribution in [3.63, 3.8) is 0 Å². The van der Waals surface area contributed by atoms with E-state index in [0.717, 1.165) is 18.3 Å². The molecule has 0 spiro atoms. The van der Waals surface area contributed by atoms with Crippen LogP contribution in [0, 0.1) is 17.8 Å². The molecule has 2 aliphatic carbocycles. The molecule has 18 heavy (non-hydrogen) atoms. The summed E-state index contributed by atoms with van der Waals surface area (Å²) in [6.07, 6.45) is 7.02. The van der Waals surface area contributed by atoms with Gasteiger partial charge in [0.15, 0.2) is 0 Å². The molecule has 0 bridgehead atoms. The van der Waals surface area contributed by atoms with Gasteiger partial charge in [0, 0.05) is 0 Å². The van der Waals surface area contributed by atoms with E-state index in [2.05, 4.69) is 16.0 Å². The Bertz CT molecular complexity index is 472. The summed E-state index contributed by atoms with van der Waals surface area (Å²) in [5.41, 5.74) is 5.88. The number of hydrogen-bond acceptors (Lipinski definition) is 3. The van der Waals surface area contributed by atoms with E-state index in [1.165, 1.54) is 6.42 Å². The highest BCUT2D eigenvalue weighted by atomic mass is 32.2. The van der Waals surface area contributed by atoms with Crippen molar-refractivity contribution >= 4 is 17.0 Å². The number of hydrogen-bond donors (Lipinski definition) is 2. The van der Waals surface area contributed by atoms with Crippen molar-refractivity contribution in [3.8, 4) is 0 Å². The Kier molecular flexibility index (Phi) is 2.99. The van der Waals surface area contributed by atoms with Gasteiger partial charge in [0.1, 0.15) is 11.6 Å². The average Bonchev–Trinajstić information content (AvgIpc) is 3.02. The van der Waals surface area contributed by atoms with Gasteiger partial charge in [-0.2, -0.15) is 4.40 Å². The number of nitrogens with zero attached hydrogens (tertiary/aromatic N) is 1. The minimum Gasteiger partial charge on any atom is -0.497 e. The molecule has 0 aromatic rings. The van der Waals surface area contributed by atoms with Crippen LogP contribution in [0.2, 0.25) is 0 Å². The molecule has 6 heteroatoms. The quantitative estimate of drug-likeness (QED) is 0.787. The van der Waals surface area contributed by atoms with Gasteiger partial charge in [-0.1, -0.05) is 19.1 Å². The lowest BCUT2D eigenvalue weighted by Crippen LogP contribution is -2.48. The van der Waals surface area contributed by atoms with Crippen LogP contribution < -0.4 is 10.5 Å². The van der Waals surface area contributed by atoms with Gasteiger partial charge in [0.2, 0.25) is 11.2 Å². The topological polar surface area (TPSA) is 76.7 Å². The van der Waals surface area contributed by atoms with E-state index in [1.54, 1.807) is 0 Å². The SMILES string of the molecule is CC1CC1COC1=CC=CC2NS(=O)N=C(N)C12. The first-order chi connectivity index (χ1) is 8.65. The molecule has 5 atom stereocenters. The molecule has 1 heterocycles. The van der Waals surface area contributed by atoms with Crippen LogP contribution in [0.3, 0.4) is 0 Å². The smallest absolute Gasteiger partial charge is 0.218 e. The lowest BCUT2D eigenvalue weighted by molar-refractivity contribution is 0.170. The van der Waals surface area contributed by atoms with Gasteiger partial charge in [0.25, 0.3) is 0 Å². The van der Waals surface area contributed by atoms with E-state index in [9.17, 15) is 4.21 Å². The first kappa shape index (κ1) is 11.9. The highest BCUT2D eigenvalue weighted by Crippen LogP contribution is 2.39. The Labute approximate surface area is 109 Å². The number of ether oxygens (including phenoxy) is 1. The maximum atomic E-state index is 11.4. The molecule has 0 amide bonds. The minimum absolute atomic E-state index is 0.0834. The highest BCUT2D eigenvalue weighted by Gasteiger charge is 2.37. The number of allylic oxidation sites excluding steroid dienone is 2.